The van der Waals surface area contributed by atoms with E-state index in [9.17, 15) is 13.2 Å². The van der Waals surface area contributed by atoms with Crippen LogP contribution in [0.15, 0.2) is 77.7 Å². The fraction of sp³-hybridized carbons (Fsp3) is 0.231. The Labute approximate surface area is 217 Å². The number of unbranched alkanes of at least 4 members (excludes halogenated alkanes) is 2. The zero-order valence-corrected chi connectivity index (χ0v) is 21.5. The molecule has 0 aliphatic carbocycles. The van der Waals surface area contributed by atoms with Crippen molar-refractivity contribution in [2.24, 2.45) is 5.73 Å². The van der Waals surface area contributed by atoms with E-state index in [1.807, 2.05) is 18.2 Å². The smallest absolute Gasteiger partial charge is 0.305 e. The third-order valence-electron chi connectivity index (χ3n) is 5.32. The Kier molecular flexibility index (Phi) is 10.8. The van der Waals surface area contributed by atoms with Crippen LogP contribution in [0.2, 0.25) is 0 Å². The maximum absolute atomic E-state index is 13.0. The number of anilines is 1. The number of carbonyl (C=O) groups is 1. The first-order valence-corrected chi connectivity index (χ1v) is 12.6. The molecule has 0 aliphatic heterocycles. The number of carbonyl (C=O) groups excluding carboxylic acids is 1. The van der Waals surface area contributed by atoms with E-state index in [0.717, 1.165) is 17.5 Å². The second kappa shape index (κ2) is 13.5. The second-order valence-corrected chi connectivity index (χ2v) is 9.54. The van der Waals surface area contributed by atoms with Crippen LogP contribution < -0.4 is 15.2 Å². The van der Waals surface area contributed by atoms with Gasteiger partial charge in [-0.3, -0.25) is 14.9 Å². The van der Waals surface area contributed by atoms with Crippen molar-refractivity contribution >= 4 is 39.9 Å². The first-order valence-electron chi connectivity index (χ1n) is 11.2. The third kappa shape index (κ3) is 8.00. The van der Waals surface area contributed by atoms with Crippen molar-refractivity contribution in [3.63, 3.8) is 0 Å². The lowest BCUT2D eigenvalue weighted by molar-refractivity contribution is -0.140. The number of methoxy groups -OCH3 is 1. The van der Waals surface area contributed by atoms with E-state index in [-0.39, 0.29) is 29.1 Å². The van der Waals surface area contributed by atoms with Gasteiger partial charge in [-0.15, -0.1) is 12.4 Å². The van der Waals surface area contributed by atoms with Gasteiger partial charge in [0.1, 0.15) is 11.6 Å². The molecule has 0 saturated carbocycles. The molecule has 0 heterocycles. The Morgan fingerprint density at radius 2 is 1.61 bits per heavy atom. The summed E-state index contributed by atoms with van der Waals surface area (Å²) in [5.74, 6) is 0.139. The van der Waals surface area contributed by atoms with Crippen LogP contribution in [0.1, 0.15) is 31.2 Å². The van der Waals surface area contributed by atoms with Crippen molar-refractivity contribution in [2.75, 3.05) is 18.4 Å². The van der Waals surface area contributed by atoms with Crippen LogP contribution in [-0.4, -0.2) is 33.9 Å². The molecule has 3 aromatic carbocycles. The highest BCUT2D eigenvalue weighted by molar-refractivity contribution is 7.92. The van der Waals surface area contributed by atoms with Crippen molar-refractivity contribution < 1.29 is 22.7 Å². The van der Waals surface area contributed by atoms with E-state index in [4.69, 9.17) is 15.9 Å². The number of benzene rings is 3. The minimum absolute atomic E-state index is 0. The molecular weight excluding hydrogens is 502 g/mol. The normalized spacial score (nSPS) is 10.7. The number of sulfonamides is 1. The van der Waals surface area contributed by atoms with Crippen molar-refractivity contribution in [1.82, 2.24) is 0 Å². The van der Waals surface area contributed by atoms with Crippen molar-refractivity contribution in [1.29, 1.82) is 5.41 Å². The summed E-state index contributed by atoms with van der Waals surface area (Å²) >= 11 is 0. The van der Waals surface area contributed by atoms with Crippen LogP contribution >= 0.6 is 12.4 Å². The van der Waals surface area contributed by atoms with Gasteiger partial charge in [-0.1, -0.05) is 48.5 Å². The summed E-state index contributed by atoms with van der Waals surface area (Å²) in [7, 11) is -2.46. The number of ether oxygens (including phenoxy) is 2. The molecule has 0 unspecified atom stereocenters. The van der Waals surface area contributed by atoms with Gasteiger partial charge in [0.25, 0.3) is 10.0 Å². The number of nitrogen functional groups attached to an aromatic ring is 1. The molecule has 10 heteroatoms. The Morgan fingerprint density at radius 3 is 2.25 bits per heavy atom. The average molecular weight is 532 g/mol. The Bertz CT molecular complexity index is 1270. The lowest BCUT2D eigenvalue weighted by Gasteiger charge is -2.16. The summed E-state index contributed by atoms with van der Waals surface area (Å²) in [6, 6.07) is 20.5. The van der Waals surface area contributed by atoms with E-state index in [2.05, 4.69) is 9.46 Å². The molecular formula is C26H30ClN3O5S. The number of esters is 1. The van der Waals surface area contributed by atoms with Gasteiger partial charge in [0.15, 0.2) is 0 Å². The molecule has 3 rings (SSSR count). The number of nitrogens with two attached hydrogens (primary N) is 1. The van der Waals surface area contributed by atoms with Crippen LogP contribution in [0.3, 0.4) is 0 Å². The van der Waals surface area contributed by atoms with Crippen molar-refractivity contribution in [3.8, 4) is 16.9 Å². The summed E-state index contributed by atoms with van der Waals surface area (Å²) in [4.78, 5) is 11.4. The highest BCUT2D eigenvalue weighted by Crippen LogP contribution is 2.33. The van der Waals surface area contributed by atoms with Crippen LogP contribution in [0.4, 0.5) is 5.69 Å². The molecule has 0 atom stereocenters. The number of amidine groups is 1. The maximum atomic E-state index is 13.0. The summed E-state index contributed by atoms with van der Waals surface area (Å²) in [6.45, 7) is 0.369. The third-order valence-corrected chi connectivity index (χ3v) is 6.70. The number of halogens is 1. The predicted molar refractivity (Wildman–Crippen MR) is 143 cm³/mol. The minimum Gasteiger partial charge on any atom is -0.491 e. The van der Waals surface area contributed by atoms with E-state index in [0.29, 0.717) is 42.9 Å². The van der Waals surface area contributed by atoms with Crippen LogP contribution in [0.25, 0.3) is 11.1 Å². The molecule has 0 fully saturated rings. The number of hydrogen-bond acceptors (Lipinski definition) is 6. The van der Waals surface area contributed by atoms with Gasteiger partial charge < -0.3 is 15.2 Å². The molecule has 0 radical (unpaired) electrons. The zero-order chi connectivity index (χ0) is 25.3. The molecule has 3 aromatic rings. The SMILES string of the molecule is COC(=O)CCCCCOc1ccc(-c2ccc(C(=N)N)cc2)cc1NS(=O)(=O)c1ccccc1.Cl. The van der Waals surface area contributed by atoms with Crippen LogP contribution in [0.5, 0.6) is 5.75 Å². The van der Waals surface area contributed by atoms with Gasteiger partial charge >= 0.3 is 5.97 Å². The number of nitrogens with one attached hydrogen (secondary N) is 2. The highest BCUT2D eigenvalue weighted by Gasteiger charge is 2.17. The quantitative estimate of drug-likeness (QED) is 0.131. The van der Waals surface area contributed by atoms with Gasteiger partial charge in [-0.2, -0.15) is 0 Å². The largest absolute Gasteiger partial charge is 0.491 e. The Balaban J connectivity index is 0.00000456. The van der Waals surface area contributed by atoms with Gasteiger partial charge in [0.2, 0.25) is 0 Å². The lowest BCUT2D eigenvalue weighted by atomic mass is 10.0. The van der Waals surface area contributed by atoms with Crippen LogP contribution in [0, 0.1) is 5.41 Å². The van der Waals surface area contributed by atoms with Crippen molar-refractivity contribution in [2.45, 2.75) is 30.6 Å². The maximum Gasteiger partial charge on any atom is 0.305 e. The first kappa shape index (κ1) is 28.7. The van der Waals surface area contributed by atoms with Gasteiger partial charge in [0, 0.05) is 12.0 Å². The molecule has 0 spiro atoms. The average Bonchev–Trinajstić information content (AvgIpc) is 2.87. The van der Waals surface area contributed by atoms with Crippen LogP contribution in [-0.2, 0) is 19.6 Å². The summed E-state index contributed by atoms with van der Waals surface area (Å²) in [5.41, 5.74) is 8.07. The topological polar surface area (TPSA) is 132 Å². The number of rotatable bonds is 12. The summed E-state index contributed by atoms with van der Waals surface area (Å²) in [6.07, 6.45) is 2.53. The molecule has 192 valence electrons. The van der Waals surface area contributed by atoms with E-state index >= 15 is 0 Å². The monoisotopic (exact) mass is 531 g/mol. The molecule has 8 nitrogen and oxygen atoms in total. The van der Waals surface area contributed by atoms with E-state index < -0.39 is 10.0 Å². The van der Waals surface area contributed by atoms with Gasteiger partial charge in [-0.05, 0) is 54.7 Å². The second-order valence-electron chi connectivity index (χ2n) is 7.86. The van der Waals surface area contributed by atoms with Gasteiger partial charge in [0.05, 0.1) is 24.3 Å². The summed E-state index contributed by atoms with van der Waals surface area (Å²) in [5, 5.41) is 7.55. The fourth-order valence-corrected chi connectivity index (χ4v) is 4.48. The summed E-state index contributed by atoms with van der Waals surface area (Å²) < 4.78 is 39.2. The predicted octanol–water partition coefficient (Wildman–Crippen LogP) is 4.97. The molecule has 36 heavy (non-hydrogen) atoms. The molecule has 0 aromatic heterocycles. The molecule has 0 amide bonds. The minimum atomic E-state index is -3.83. The molecule has 4 N–H and O–H groups in total. The fourth-order valence-electron chi connectivity index (χ4n) is 3.39. The molecule has 0 saturated heterocycles. The van der Waals surface area contributed by atoms with Gasteiger partial charge in [-0.25, -0.2) is 8.42 Å². The van der Waals surface area contributed by atoms with E-state index in [1.165, 1.54) is 19.2 Å². The molecule has 0 aliphatic rings. The molecule has 0 bridgehead atoms. The highest BCUT2D eigenvalue weighted by atomic mass is 35.5. The standard InChI is InChI=1S/C26H29N3O5S.ClH/c1-33-25(30)10-6-3-7-17-34-24-16-15-21(19-11-13-20(14-12-19)26(27)28)18-23(24)29-35(31,32)22-8-4-2-5-9-22;/h2,4-5,8-9,11-16,18,29H,3,6-7,10,17H2,1H3,(H3,27,28);1H. The Morgan fingerprint density at radius 1 is 0.944 bits per heavy atom. The Hall–Kier alpha value is -3.56. The lowest BCUT2D eigenvalue weighted by Crippen LogP contribution is -2.14. The van der Waals surface area contributed by atoms with E-state index in [1.54, 1.807) is 42.5 Å². The van der Waals surface area contributed by atoms with Crippen molar-refractivity contribution in [3.05, 3.63) is 78.4 Å². The first-order chi connectivity index (χ1) is 16.8. The number of hydrogen-bond donors (Lipinski definition) is 3. The zero-order valence-electron chi connectivity index (χ0n) is 19.9.